The Morgan fingerprint density at radius 2 is 1.83 bits per heavy atom. The van der Waals surface area contributed by atoms with E-state index in [9.17, 15) is 19.5 Å². The number of anilines is 1. The lowest BCUT2D eigenvalue weighted by Crippen LogP contribution is -2.28. The molecule has 1 saturated heterocycles. The Morgan fingerprint density at radius 1 is 1.26 bits per heavy atom. The molecule has 0 spiro atoms. The Bertz CT molecular complexity index is 712. The summed E-state index contributed by atoms with van der Waals surface area (Å²) < 4.78 is 4.69. The summed E-state index contributed by atoms with van der Waals surface area (Å²) in [6.45, 7) is 1.66. The fourth-order valence-corrected chi connectivity index (χ4v) is 2.18. The molecule has 0 radical (unpaired) electrons. The number of nitriles is 1. The zero-order valence-corrected chi connectivity index (χ0v) is 12.4. The molecule has 0 saturated carbocycles. The summed E-state index contributed by atoms with van der Waals surface area (Å²) >= 11 is 0. The molecule has 0 aromatic heterocycles. The largest absolute Gasteiger partial charge is 0.506 e. The smallest absolute Gasteiger partial charge is 0.352 e. The van der Waals surface area contributed by atoms with Crippen molar-refractivity contribution in [2.24, 2.45) is 0 Å². The number of nitrogens with zero attached hydrogens (tertiary/aromatic N) is 2. The lowest BCUT2D eigenvalue weighted by atomic mass is 10.1. The summed E-state index contributed by atoms with van der Waals surface area (Å²) in [5.74, 6) is -2.00. The summed E-state index contributed by atoms with van der Waals surface area (Å²) in [5.41, 5.74) is 0.0778. The zero-order chi connectivity index (χ0) is 17.0. The van der Waals surface area contributed by atoms with Gasteiger partial charge in [-0.1, -0.05) is 0 Å². The van der Waals surface area contributed by atoms with Gasteiger partial charge in [0.25, 0.3) is 0 Å². The lowest BCUT2D eigenvalue weighted by molar-refractivity contribution is -0.138. The van der Waals surface area contributed by atoms with Crippen LogP contribution in [0.25, 0.3) is 5.76 Å². The number of amides is 2. The molecule has 0 aliphatic carbocycles. The van der Waals surface area contributed by atoms with Gasteiger partial charge in [0.2, 0.25) is 11.8 Å². The first-order valence-electron chi connectivity index (χ1n) is 6.96. The quantitative estimate of drug-likeness (QED) is 0.298. The second-order valence-corrected chi connectivity index (χ2v) is 4.73. The van der Waals surface area contributed by atoms with E-state index in [0.29, 0.717) is 5.69 Å². The second kappa shape index (κ2) is 6.75. The minimum absolute atomic E-state index is 0.0788. The van der Waals surface area contributed by atoms with Gasteiger partial charge in [-0.05, 0) is 31.2 Å². The molecule has 1 heterocycles. The molecule has 0 bridgehead atoms. The van der Waals surface area contributed by atoms with Crippen molar-refractivity contribution < 1.29 is 24.2 Å². The van der Waals surface area contributed by atoms with Crippen LogP contribution in [0.15, 0.2) is 29.8 Å². The van der Waals surface area contributed by atoms with E-state index in [-0.39, 0.29) is 36.8 Å². The molecule has 1 aliphatic rings. The highest BCUT2D eigenvalue weighted by atomic mass is 16.5. The summed E-state index contributed by atoms with van der Waals surface area (Å²) in [6, 6.07) is 7.37. The first-order valence-corrected chi connectivity index (χ1v) is 6.96. The van der Waals surface area contributed by atoms with Gasteiger partial charge in [-0.15, -0.1) is 0 Å². The number of hydrogen-bond donors (Lipinski definition) is 1. The average Bonchev–Trinajstić information content (AvgIpc) is 2.87. The number of rotatable bonds is 4. The second-order valence-electron chi connectivity index (χ2n) is 4.73. The SMILES string of the molecule is CCOC(=O)C(C#N)=C(O)c1ccc(N2C(=O)CCC2=O)cc1. The highest BCUT2D eigenvalue weighted by Crippen LogP contribution is 2.25. The maximum Gasteiger partial charge on any atom is 0.352 e. The van der Waals surface area contributed by atoms with Gasteiger partial charge in [0.15, 0.2) is 5.57 Å². The highest BCUT2D eigenvalue weighted by molar-refractivity contribution is 6.19. The van der Waals surface area contributed by atoms with Crippen LogP contribution in [0.2, 0.25) is 0 Å². The van der Waals surface area contributed by atoms with Crippen molar-refractivity contribution in [1.29, 1.82) is 5.26 Å². The van der Waals surface area contributed by atoms with Crippen LogP contribution in [-0.2, 0) is 19.1 Å². The number of aliphatic hydroxyl groups is 1. The van der Waals surface area contributed by atoms with E-state index in [1.54, 1.807) is 13.0 Å². The molecule has 1 N–H and O–H groups in total. The fourth-order valence-electron chi connectivity index (χ4n) is 2.18. The Hall–Kier alpha value is -3.14. The predicted molar refractivity (Wildman–Crippen MR) is 80.0 cm³/mol. The van der Waals surface area contributed by atoms with E-state index < -0.39 is 17.3 Å². The minimum Gasteiger partial charge on any atom is -0.506 e. The normalized spacial score (nSPS) is 15.2. The Balaban J connectivity index is 2.32. The zero-order valence-electron chi connectivity index (χ0n) is 12.4. The molecule has 0 unspecified atom stereocenters. The van der Waals surface area contributed by atoms with Crippen LogP contribution in [0.4, 0.5) is 5.69 Å². The lowest BCUT2D eigenvalue weighted by Gasteiger charge is -2.14. The monoisotopic (exact) mass is 314 g/mol. The van der Waals surface area contributed by atoms with E-state index in [0.717, 1.165) is 4.90 Å². The van der Waals surface area contributed by atoms with E-state index in [4.69, 9.17) is 10.00 Å². The number of esters is 1. The number of aliphatic hydroxyl groups excluding tert-OH is 1. The van der Waals surface area contributed by atoms with Crippen molar-refractivity contribution in [3.63, 3.8) is 0 Å². The molecule has 118 valence electrons. The first kappa shape index (κ1) is 16.2. The van der Waals surface area contributed by atoms with Crippen molar-refractivity contribution in [3.8, 4) is 6.07 Å². The average molecular weight is 314 g/mol. The molecule has 7 heteroatoms. The van der Waals surface area contributed by atoms with E-state index in [1.807, 2.05) is 0 Å². The van der Waals surface area contributed by atoms with Gasteiger partial charge in [0.05, 0.1) is 12.3 Å². The Morgan fingerprint density at radius 3 is 2.30 bits per heavy atom. The molecule has 1 aromatic rings. The molecule has 1 fully saturated rings. The van der Waals surface area contributed by atoms with Crippen LogP contribution in [0, 0.1) is 11.3 Å². The van der Waals surface area contributed by atoms with E-state index >= 15 is 0 Å². The summed E-state index contributed by atoms with van der Waals surface area (Å²) in [7, 11) is 0. The molecule has 7 nitrogen and oxygen atoms in total. The van der Waals surface area contributed by atoms with Crippen LogP contribution >= 0.6 is 0 Å². The van der Waals surface area contributed by atoms with Crippen molar-refractivity contribution in [3.05, 3.63) is 35.4 Å². The van der Waals surface area contributed by atoms with Crippen LogP contribution < -0.4 is 4.90 Å². The van der Waals surface area contributed by atoms with Crippen molar-refractivity contribution in [1.82, 2.24) is 0 Å². The Kier molecular flexibility index (Phi) is 4.76. The van der Waals surface area contributed by atoms with Crippen LogP contribution in [0.3, 0.4) is 0 Å². The standard InChI is InChI=1S/C16H14N2O5/c1-2-23-16(22)12(9-17)15(21)10-3-5-11(6-4-10)18-13(19)7-8-14(18)20/h3-6,21H,2,7-8H2,1H3. The molecule has 2 rings (SSSR count). The first-order chi connectivity index (χ1) is 11.0. The fraction of sp³-hybridized carbons (Fsp3) is 0.250. The van der Waals surface area contributed by atoms with E-state index in [1.165, 1.54) is 24.3 Å². The summed E-state index contributed by atoms with van der Waals surface area (Å²) in [4.78, 5) is 36.0. The number of hydrogen-bond acceptors (Lipinski definition) is 6. The Labute approximate surface area is 132 Å². The van der Waals surface area contributed by atoms with Gasteiger partial charge in [0.1, 0.15) is 11.8 Å². The molecule has 1 aromatic carbocycles. The number of carbonyl (C=O) groups excluding carboxylic acids is 3. The van der Waals surface area contributed by atoms with E-state index in [2.05, 4.69) is 0 Å². The van der Waals surface area contributed by atoms with Crippen molar-refractivity contribution in [2.45, 2.75) is 19.8 Å². The number of ether oxygens (including phenoxy) is 1. The molecule has 2 amide bonds. The van der Waals surface area contributed by atoms with Gasteiger partial charge < -0.3 is 9.84 Å². The van der Waals surface area contributed by atoms with Gasteiger partial charge in [-0.2, -0.15) is 5.26 Å². The predicted octanol–water partition coefficient (Wildman–Crippen LogP) is 1.70. The third kappa shape index (κ3) is 3.21. The van der Waals surface area contributed by atoms with Crippen LogP contribution in [0.5, 0.6) is 0 Å². The third-order valence-electron chi connectivity index (χ3n) is 3.28. The van der Waals surface area contributed by atoms with Gasteiger partial charge >= 0.3 is 5.97 Å². The highest BCUT2D eigenvalue weighted by Gasteiger charge is 2.30. The maximum atomic E-state index is 11.7. The summed E-state index contributed by atoms with van der Waals surface area (Å²) in [6.07, 6.45) is 0.348. The topological polar surface area (TPSA) is 108 Å². The molecular formula is C16H14N2O5. The van der Waals surface area contributed by atoms with Crippen LogP contribution in [-0.4, -0.2) is 29.5 Å². The number of carbonyl (C=O) groups is 3. The van der Waals surface area contributed by atoms with Gasteiger partial charge in [-0.25, -0.2) is 4.79 Å². The number of imide groups is 1. The number of benzene rings is 1. The molecule has 1 aliphatic heterocycles. The summed E-state index contributed by atoms with van der Waals surface area (Å²) in [5, 5.41) is 19.0. The van der Waals surface area contributed by atoms with Crippen molar-refractivity contribution >= 4 is 29.2 Å². The van der Waals surface area contributed by atoms with Gasteiger partial charge in [0, 0.05) is 18.4 Å². The van der Waals surface area contributed by atoms with Crippen molar-refractivity contribution in [2.75, 3.05) is 11.5 Å². The van der Waals surface area contributed by atoms with Crippen LogP contribution in [0.1, 0.15) is 25.3 Å². The minimum atomic E-state index is -0.915. The molecule has 0 atom stereocenters. The molecule has 23 heavy (non-hydrogen) atoms. The third-order valence-corrected chi connectivity index (χ3v) is 3.28. The maximum absolute atomic E-state index is 11.7. The molecular weight excluding hydrogens is 300 g/mol. The van der Waals surface area contributed by atoms with Gasteiger partial charge in [-0.3, -0.25) is 14.5 Å².